The smallest absolute Gasteiger partial charge is 0.311 e. The average Bonchev–Trinajstić information content (AvgIpc) is 2.88. The largest absolute Gasteiger partial charge is 0.490 e. The molecule has 6 nitrogen and oxygen atoms in total. The number of carbonyl (C=O) groups is 1. The summed E-state index contributed by atoms with van der Waals surface area (Å²) in [5.74, 6) is 1.65. The Bertz CT molecular complexity index is 793. The van der Waals surface area contributed by atoms with Gasteiger partial charge in [0.25, 0.3) is 0 Å². The molecule has 0 fully saturated rings. The fraction of sp³-hybridized carbons (Fsp3) is 0.621. The van der Waals surface area contributed by atoms with Gasteiger partial charge in [-0.05, 0) is 49.9 Å². The maximum Gasteiger partial charge on any atom is 0.311 e. The first kappa shape index (κ1) is 28.8. The molecule has 0 N–H and O–H groups in total. The van der Waals surface area contributed by atoms with Crippen molar-refractivity contribution in [2.45, 2.75) is 97.3 Å². The van der Waals surface area contributed by atoms with E-state index in [4.69, 9.17) is 14.2 Å². The van der Waals surface area contributed by atoms with Crippen molar-refractivity contribution in [3.8, 4) is 22.9 Å². The van der Waals surface area contributed by atoms with Gasteiger partial charge in [-0.15, -0.1) is 0 Å². The van der Waals surface area contributed by atoms with Gasteiger partial charge in [-0.2, -0.15) is 0 Å². The standard InChI is InChI=1S/C29H44N2O4/c1-3-5-7-8-9-10-11-12-15-28(32)35-26-18-16-25(17-19-26)29-30-23-27(24-31-29)34-22-14-13-21-33-20-6-4-2/h16-19,23-24H,3-15,20-22H2,1-2H3. The molecule has 0 bridgehead atoms. The van der Waals surface area contributed by atoms with Crippen LogP contribution in [0.4, 0.5) is 0 Å². The maximum atomic E-state index is 12.1. The Labute approximate surface area is 211 Å². The fourth-order valence-corrected chi connectivity index (χ4v) is 3.64. The van der Waals surface area contributed by atoms with E-state index in [0.717, 1.165) is 57.3 Å². The Balaban J connectivity index is 1.62. The van der Waals surface area contributed by atoms with Gasteiger partial charge in [0.05, 0.1) is 19.0 Å². The van der Waals surface area contributed by atoms with Crippen LogP contribution in [0.2, 0.25) is 0 Å². The summed E-state index contributed by atoms with van der Waals surface area (Å²) in [6, 6.07) is 7.31. The number of nitrogens with zero attached hydrogens (tertiary/aromatic N) is 2. The second-order valence-electron chi connectivity index (χ2n) is 8.99. The molecule has 0 spiro atoms. The molecule has 0 aliphatic carbocycles. The lowest BCUT2D eigenvalue weighted by Gasteiger charge is -2.08. The number of ether oxygens (including phenoxy) is 3. The molecule has 0 amide bonds. The van der Waals surface area contributed by atoms with Crippen LogP contribution in [0.25, 0.3) is 11.4 Å². The first-order valence-corrected chi connectivity index (χ1v) is 13.6. The fourth-order valence-electron chi connectivity index (χ4n) is 3.64. The summed E-state index contributed by atoms with van der Waals surface area (Å²) in [4.78, 5) is 20.9. The van der Waals surface area contributed by atoms with Gasteiger partial charge in [-0.25, -0.2) is 9.97 Å². The Kier molecular flexibility index (Phi) is 15.5. The van der Waals surface area contributed by atoms with Crippen LogP contribution in [0.15, 0.2) is 36.7 Å². The number of aromatic nitrogens is 2. The zero-order chi connectivity index (χ0) is 25.0. The second kappa shape index (κ2) is 18.8. The van der Waals surface area contributed by atoms with Crippen LogP contribution in [0, 0.1) is 0 Å². The van der Waals surface area contributed by atoms with Crippen molar-refractivity contribution in [3.63, 3.8) is 0 Å². The SMILES string of the molecule is CCCCCCCCCCC(=O)Oc1ccc(-c2ncc(OCCCCOCCCC)cn2)cc1. The molecule has 0 radical (unpaired) electrons. The molecule has 1 aromatic carbocycles. The Morgan fingerprint density at radius 1 is 0.686 bits per heavy atom. The number of hydrogen-bond donors (Lipinski definition) is 0. The maximum absolute atomic E-state index is 12.1. The summed E-state index contributed by atoms with van der Waals surface area (Å²) < 4.78 is 16.7. The third-order valence-corrected chi connectivity index (χ3v) is 5.80. The molecular formula is C29H44N2O4. The van der Waals surface area contributed by atoms with Crippen LogP contribution in [0.1, 0.15) is 97.3 Å². The van der Waals surface area contributed by atoms with E-state index in [1.54, 1.807) is 24.5 Å². The molecule has 1 heterocycles. The molecular weight excluding hydrogens is 440 g/mol. The van der Waals surface area contributed by atoms with Crippen molar-refractivity contribution in [1.82, 2.24) is 9.97 Å². The Hall–Kier alpha value is -2.47. The summed E-state index contributed by atoms with van der Waals surface area (Å²) in [6.07, 6.45) is 17.7. The molecule has 0 saturated heterocycles. The van der Waals surface area contributed by atoms with Gasteiger partial charge in [0.1, 0.15) is 5.75 Å². The molecule has 1 aromatic heterocycles. The van der Waals surface area contributed by atoms with Crippen molar-refractivity contribution in [2.75, 3.05) is 19.8 Å². The van der Waals surface area contributed by atoms with Crippen molar-refractivity contribution < 1.29 is 19.0 Å². The Morgan fingerprint density at radius 2 is 1.29 bits per heavy atom. The number of unbranched alkanes of at least 4 members (excludes halogenated alkanes) is 9. The van der Waals surface area contributed by atoms with E-state index in [2.05, 4.69) is 23.8 Å². The lowest BCUT2D eigenvalue weighted by molar-refractivity contribution is -0.134. The topological polar surface area (TPSA) is 70.5 Å². The third-order valence-electron chi connectivity index (χ3n) is 5.80. The molecule has 0 unspecified atom stereocenters. The monoisotopic (exact) mass is 484 g/mol. The molecule has 2 rings (SSSR count). The molecule has 194 valence electrons. The predicted molar refractivity (Wildman–Crippen MR) is 141 cm³/mol. The molecule has 35 heavy (non-hydrogen) atoms. The zero-order valence-corrected chi connectivity index (χ0v) is 21.8. The lowest BCUT2D eigenvalue weighted by atomic mass is 10.1. The minimum absolute atomic E-state index is 0.172. The minimum atomic E-state index is -0.172. The molecule has 0 aliphatic heterocycles. The van der Waals surface area contributed by atoms with E-state index in [0.29, 0.717) is 30.4 Å². The van der Waals surface area contributed by atoms with Gasteiger partial charge in [-0.1, -0.05) is 65.2 Å². The summed E-state index contributed by atoms with van der Waals surface area (Å²) in [5.41, 5.74) is 0.864. The van der Waals surface area contributed by atoms with Crippen LogP contribution >= 0.6 is 0 Å². The summed E-state index contributed by atoms with van der Waals surface area (Å²) in [5, 5.41) is 0. The van der Waals surface area contributed by atoms with Crippen LogP contribution in [0.3, 0.4) is 0 Å². The summed E-state index contributed by atoms with van der Waals surface area (Å²) in [7, 11) is 0. The van der Waals surface area contributed by atoms with Crippen molar-refractivity contribution in [2.24, 2.45) is 0 Å². The van der Waals surface area contributed by atoms with E-state index in [-0.39, 0.29) is 5.97 Å². The van der Waals surface area contributed by atoms with Crippen LogP contribution in [-0.2, 0) is 9.53 Å². The third kappa shape index (κ3) is 13.3. The van der Waals surface area contributed by atoms with Gasteiger partial charge in [0.2, 0.25) is 0 Å². The predicted octanol–water partition coefficient (Wildman–Crippen LogP) is 7.56. The molecule has 6 heteroatoms. The minimum Gasteiger partial charge on any atom is -0.490 e. The number of benzene rings is 1. The summed E-state index contributed by atoms with van der Waals surface area (Å²) >= 11 is 0. The van der Waals surface area contributed by atoms with Crippen LogP contribution in [-0.4, -0.2) is 35.8 Å². The van der Waals surface area contributed by atoms with E-state index in [1.807, 2.05) is 12.1 Å². The number of esters is 1. The second-order valence-corrected chi connectivity index (χ2v) is 8.99. The first-order valence-electron chi connectivity index (χ1n) is 13.6. The van der Waals surface area contributed by atoms with Crippen molar-refractivity contribution >= 4 is 5.97 Å². The van der Waals surface area contributed by atoms with Gasteiger partial charge >= 0.3 is 5.97 Å². The number of rotatable bonds is 20. The van der Waals surface area contributed by atoms with E-state index >= 15 is 0 Å². The highest BCUT2D eigenvalue weighted by Gasteiger charge is 2.07. The molecule has 0 saturated carbocycles. The Morgan fingerprint density at radius 3 is 1.97 bits per heavy atom. The van der Waals surface area contributed by atoms with E-state index in [9.17, 15) is 4.79 Å². The quantitative estimate of drug-likeness (QED) is 0.110. The number of carbonyl (C=O) groups excluding carboxylic acids is 1. The lowest BCUT2D eigenvalue weighted by Crippen LogP contribution is -2.07. The van der Waals surface area contributed by atoms with Crippen LogP contribution in [0.5, 0.6) is 11.5 Å². The molecule has 0 atom stereocenters. The first-order chi connectivity index (χ1) is 17.2. The van der Waals surface area contributed by atoms with E-state index in [1.165, 1.54) is 38.5 Å². The van der Waals surface area contributed by atoms with Crippen molar-refractivity contribution in [3.05, 3.63) is 36.7 Å². The zero-order valence-electron chi connectivity index (χ0n) is 21.8. The molecule has 0 aliphatic rings. The highest BCUT2D eigenvalue weighted by molar-refractivity contribution is 5.72. The average molecular weight is 485 g/mol. The van der Waals surface area contributed by atoms with Gasteiger partial charge in [0, 0.05) is 25.2 Å². The highest BCUT2D eigenvalue weighted by Crippen LogP contribution is 2.21. The van der Waals surface area contributed by atoms with Gasteiger partial charge < -0.3 is 14.2 Å². The number of hydrogen-bond acceptors (Lipinski definition) is 6. The molecule has 2 aromatic rings. The van der Waals surface area contributed by atoms with Crippen molar-refractivity contribution in [1.29, 1.82) is 0 Å². The van der Waals surface area contributed by atoms with E-state index < -0.39 is 0 Å². The van der Waals surface area contributed by atoms with Gasteiger partial charge in [0.15, 0.2) is 11.6 Å². The van der Waals surface area contributed by atoms with Gasteiger partial charge in [-0.3, -0.25) is 4.79 Å². The highest BCUT2D eigenvalue weighted by atomic mass is 16.5. The normalized spacial score (nSPS) is 10.9. The summed E-state index contributed by atoms with van der Waals surface area (Å²) in [6.45, 7) is 6.64. The van der Waals surface area contributed by atoms with Crippen LogP contribution < -0.4 is 9.47 Å².